The average molecular weight is 381 g/mol. The number of ether oxygens (including phenoxy) is 1. The Hall–Kier alpha value is -2.21. The van der Waals surface area contributed by atoms with Crippen LogP contribution >= 0.6 is 11.3 Å². The van der Waals surface area contributed by atoms with Crippen LogP contribution in [0.4, 0.5) is 0 Å². The molecule has 1 saturated heterocycles. The van der Waals surface area contributed by atoms with Crippen molar-refractivity contribution in [2.45, 2.75) is 18.4 Å². The highest BCUT2D eigenvalue weighted by Gasteiger charge is 2.39. The van der Waals surface area contributed by atoms with Gasteiger partial charge in [0.25, 0.3) is 5.91 Å². The highest BCUT2D eigenvalue weighted by atomic mass is 32.1. The van der Waals surface area contributed by atoms with Gasteiger partial charge < -0.3 is 15.2 Å². The van der Waals surface area contributed by atoms with Crippen molar-refractivity contribution in [1.29, 1.82) is 0 Å². The highest BCUT2D eigenvalue weighted by molar-refractivity contribution is 7.20. The summed E-state index contributed by atoms with van der Waals surface area (Å²) >= 11 is 1.47. The minimum absolute atomic E-state index is 0.0522. The van der Waals surface area contributed by atoms with Crippen molar-refractivity contribution in [2.24, 2.45) is 5.92 Å². The summed E-state index contributed by atoms with van der Waals surface area (Å²) in [7, 11) is 0. The summed E-state index contributed by atoms with van der Waals surface area (Å²) < 4.78 is 6.55. The molecule has 140 valence electrons. The van der Waals surface area contributed by atoms with Gasteiger partial charge in [-0.3, -0.25) is 4.79 Å². The first kappa shape index (κ1) is 18.2. The van der Waals surface area contributed by atoms with Gasteiger partial charge in [0, 0.05) is 17.9 Å². The summed E-state index contributed by atoms with van der Waals surface area (Å²) in [4.78, 5) is 13.4. The Bertz CT molecular complexity index is 884. The third-order valence-electron chi connectivity index (χ3n) is 5.34. The molecule has 1 aliphatic rings. The van der Waals surface area contributed by atoms with E-state index in [4.69, 9.17) is 4.74 Å². The average Bonchev–Trinajstić information content (AvgIpc) is 3.17. The molecule has 0 unspecified atom stereocenters. The van der Waals surface area contributed by atoms with Crippen LogP contribution in [0, 0.1) is 5.92 Å². The van der Waals surface area contributed by atoms with E-state index in [1.54, 1.807) is 0 Å². The molecule has 0 radical (unpaired) electrons. The van der Waals surface area contributed by atoms with Crippen molar-refractivity contribution < 1.29 is 14.6 Å². The van der Waals surface area contributed by atoms with Crippen molar-refractivity contribution >= 4 is 27.3 Å². The van der Waals surface area contributed by atoms with Crippen LogP contribution in [0.5, 0.6) is 0 Å². The molecule has 0 aliphatic carbocycles. The Kier molecular flexibility index (Phi) is 5.25. The van der Waals surface area contributed by atoms with Gasteiger partial charge >= 0.3 is 0 Å². The van der Waals surface area contributed by atoms with Gasteiger partial charge in [0.2, 0.25) is 0 Å². The number of nitrogens with one attached hydrogen (secondary N) is 1. The van der Waals surface area contributed by atoms with Crippen LogP contribution in [-0.2, 0) is 10.3 Å². The fraction of sp³-hybridized carbons (Fsp3) is 0.318. The molecule has 2 aromatic carbocycles. The maximum atomic E-state index is 12.7. The summed E-state index contributed by atoms with van der Waals surface area (Å²) in [6.45, 7) is 1.48. The van der Waals surface area contributed by atoms with E-state index in [9.17, 15) is 9.90 Å². The Morgan fingerprint density at radius 3 is 2.56 bits per heavy atom. The van der Waals surface area contributed by atoms with Crippen molar-refractivity contribution in [3.05, 3.63) is 71.1 Å². The number of amides is 1. The second kappa shape index (κ2) is 7.80. The van der Waals surface area contributed by atoms with Crippen LogP contribution in [-0.4, -0.2) is 30.8 Å². The van der Waals surface area contributed by atoms with Gasteiger partial charge in [-0.1, -0.05) is 48.5 Å². The fourth-order valence-electron chi connectivity index (χ4n) is 3.78. The lowest BCUT2D eigenvalue weighted by Crippen LogP contribution is -2.47. The van der Waals surface area contributed by atoms with E-state index in [1.165, 1.54) is 11.3 Å². The molecule has 0 saturated carbocycles. The molecular formula is C22H23NO3S. The number of fused-ring (bicyclic) bond motifs is 1. The smallest absolute Gasteiger partial charge is 0.261 e. The first-order chi connectivity index (χ1) is 13.2. The molecule has 4 nitrogen and oxygen atoms in total. The number of carbonyl (C=O) groups excluding carboxylic acids is 1. The van der Waals surface area contributed by atoms with Crippen LogP contribution in [0.25, 0.3) is 10.1 Å². The number of thiophene rings is 1. The molecule has 1 fully saturated rings. The lowest BCUT2D eigenvalue weighted by Gasteiger charge is -2.39. The van der Waals surface area contributed by atoms with E-state index in [0.717, 1.165) is 28.5 Å². The summed E-state index contributed by atoms with van der Waals surface area (Å²) in [5.41, 5.74) is -0.259. The Labute approximate surface area is 162 Å². The van der Waals surface area contributed by atoms with Crippen LogP contribution < -0.4 is 5.32 Å². The van der Waals surface area contributed by atoms with E-state index in [0.29, 0.717) is 18.1 Å². The highest BCUT2D eigenvalue weighted by Crippen LogP contribution is 2.36. The summed E-state index contributed by atoms with van der Waals surface area (Å²) in [6, 6.07) is 19.5. The molecule has 5 heteroatoms. The molecule has 0 bridgehead atoms. The van der Waals surface area contributed by atoms with Gasteiger partial charge in [-0.25, -0.2) is 0 Å². The van der Waals surface area contributed by atoms with Crippen molar-refractivity contribution in [3.63, 3.8) is 0 Å². The van der Waals surface area contributed by atoms with E-state index < -0.39 is 5.60 Å². The second-order valence-corrected chi connectivity index (χ2v) is 8.09. The molecular weight excluding hydrogens is 358 g/mol. The molecule has 3 aromatic rings. The molecule has 27 heavy (non-hydrogen) atoms. The Balaban J connectivity index is 1.55. The molecule has 2 heterocycles. The molecule has 1 aromatic heterocycles. The van der Waals surface area contributed by atoms with Crippen LogP contribution in [0.3, 0.4) is 0 Å². The van der Waals surface area contributed by atoms with Crippen molar-refractivity contribution in [3.8, 4) is 0 Å². The van der Waals surface area contributed by atoms with Crippen molar-refractivity contribution in [1.82, 2.24) is 5.32 Å². The van der Waals surface area contributed by atoms with Crippen LogP contribution in [0.15, 0.2) is 60.7 Å². The maximum absolute atomic E-state index is 12.7. The number of benzene rings is 2. The van der Waals surface area contributed by atoms with Crippen LogP contribution in [0.2, 0.25) is 0 Å². The fourth-order valence-corrected chi connectivity index (χ4v) is 4.76. The van der Waals surface area contributed by atoms with Gasteiger partial charge in [-0.2, -0.15) is 0 Å². The normalized spacial score (nSPS) is 17.5. The second-order valence-electron chi connectivity index (χ2n) is 7.01. The first-order valence-electron chi connectivity index (χ1n) is 9.29. The SMILES string of the molecule is O=C(NC[C@@](O)(c1ccccc1)C1CCOCC1)c1cc2ccccc2s1. The summed E-state index contributed by atoms with van der Waals surface area (Å²) in [5, 5.41) is 15.6. The number of aliphatic hydroxyl groups is 1. The molecule has 1 aliphatic heterocycles. The summed E-state index contributed by atoms with van der Waals surface area (Å²) in [5.74, 6) is -0.0889. The largest absolute Gasteiger partial charge is 0.383 e. The van der Waals surface area contributed by atoms with Crippen LogP contribution in [0.1, 0.15) is 28.1 Å². The van der Waals surface area contributed by atoms with Gasteiger partial charge in [-0.05, 0) is 41.8 Å². The number of hydrogen-bond acceptors (Lipinski definition) is 4. The van der Waals surface area contributed by atoms with Gasteiger partial charge in [0.05, 0.1) is 11.4 Å². The zero-order chi connectivity index (χ0) is 18.7. The molecule has 2 N–H and O–H groups in total. The standard InChI is InChI=1S/C22H23NO3S/c24-21(20-14-16-6-4-5-9-19(16)27-20)23-15-22(25,17-7-2-1-3-8-17)18-10-12-26-13-11-18/h1-9,14,18,25H,10-13,15H2,(H,23,24)/t22-/m1/s1. The monoisotopic (exact) mass is 381 g/mol. The molecule has 0 spiro atoms. The maximum Gasteiger partial charge on any atom is 0.261 e. The molecule has 1 atom stereocenters. The Morgan fingerprint density at radius 2 is 1.81 bits per heavy atom. The number of carbonyl (C=O) groups is 1. The predicted molar refractivity (Wildman–Crippen MR) is 108 cm³/mol. The van der Waals surface area contributed by atoms with E-state index in [1.807, 2.05) is 60.7 Å². The first-order valence-corrected chi connectivity index (χ1v) is 10.1. The predicted octanol–water partition coefficient (Wildman–Crippen LogP) is 3.95. The number of hydrogen-bond donors (Lipinski definition) is 2. The summed E-state index contributed by atoms with van der Waals surface area (Å²) in [6.07, 6.45) is 1.56. The minimum Gasteiger partial charge on any atom is -0.383 e. The number of rotatable bonds is 5. The molecule has 1 amide bonds. The minimum atomic E-state index is -1.10. The third kappa shape index (κ3) is 3.76. The van der Waals surface area contributed by atoms with Gasteiger partial charge in [0.15, 0.2) is 0 Å². The zero-order valence-corrected chi connectivity index (χ0v) is 15.9. The van der Waals surface area contributed by atoms with E-state index >= 15 is 0 Å². The third-order valence-corrected chi connectivity index (χ3v) is 6.45. The van der Waals surface area contributed by atoms with Gasteiger partial charge in [-0.15, -0.1) is 11.3 Å². The lowest BCUT2D eigenvalue weighted by molar-refractivity contribution is -0.0680. The van der Waals surface area contributed by atoms with Gasteiger partial charge in [0.1, 0.15) is 5.60 Å². The molecule has 4 rings (SSSR count). The van der Waals surface area contributed by atoms with E-state index in [2.05, 4.69) is 5.32 Å². The lowest BCUT2D eigenvalue weighted by atomic mass is 9.77. The quantitative estimate of drug-likeness (QED) is 0.704. The Morgan fingerprint density at radius 1 is 1.11 bits per heavy atom. The van der Waals surface area contributed by atoms with E-state index in [-0.39, 0.29) is 18.4 Å². The van der Waals surface area contributed by atoms with Crippen molar-refractivity contribution in [2.75, 3.05) is 19.8 Å². The zero-order valence-electron chi connectivity index (χ0n) is 15.1. The topological polar surface area (TPSA) is 58.6 Å².